The van der Waals surface area contributed by atoms with Crippen LogP contribution in [0.25, 0.3) is 0 Å². The minimum Gasteiger partial charge on any atom is -0.495 e. The molecule has 0 aliphatic heterocycles. The van der Waals surface area contributed by atoms with Crippen molar-refractivity contribution in [3.63, 3.8) is 0 Å². The summed E-state index contributed by atoms with van der Waals surface area (Å²) in [5, 5.41) is 6.75. The van der Waals surface area contributed by atoms with E-state index in [0.29, 0.717) is 29.3 Å². The van der Waals surface area contributed by atoms with Gasteiger partial charge in [-0.05, 0) is 35.6 Å². The molecule has 6 nitrogen and oxygen atoms in total. The van der Waals surface area contributed by atoms with E-state index >= 15 is 0 Å². The fraction of sp³-hybridized carbons (Fsp3) is 0.308. The van der Waals surface area contributed by atoms with Crippen molar-refractivity contribution in [1.29, 1.82) is 0 Å². The first-order chi connectivity index (χ1) is 9.65. The Morgan fingerprint density at radius 2 is 2.30 bits per heavy atom. The van der Waals surface area contributed by atoms with Crippen LogP contribution >= 0.6 is 11.5 Å². The van der Waals surface area contributed by atoms with Crippen LogP contribution in [-0.2, 0) is 13.0 Å². The fourth-order valence-corrected chi connectivity index (χ4v) is 2.44. The Morgan fingerprint density at radius 3 is 2.95 bits per heavy atom. The molecule has 1 aromatic heterocycles. The van der Waals surface area contributed by atoms with E-state index in [-0.39, 0.29) is 5.91 Å². The predicted octanol–water partition coefficient (Wildman–Crippen LogP) is 1.62. The minimum atomic E-state index is -0.161. The lowest BCUT2D eigenvalue weighted by Crippen LogP contribution is -2.23. The Kier molecular flexibility index (Phi) is 4.52. The van der Waals surface area contributed by atoms with Gasteiger partial charge in [0.25, 0.3) is 5.91 Å². The third-order valence-electron chi connectivity index (χ3n) is 2.84. The molecule has 2 aromatic rings. The monoisotopic (exact) mass is 292 g/mol. The van der Waals surface area contributed by atoms with Crippen LogP contribution in [0.15, 0.2) is 18.2 Å². The number of hydrogen-bond acceptors (Lipinski definition) is 6. The molecule has 0 spiro atoms. The Bertz CT molecular complexity index is 612. The topological polar surface area (TPSA) is 90.1 Å². The summed E-state index contributed by atoms with van der Waals surface area (Å²) in [6.45, 7) is 2.34. The van der Waals surface area contributed by atoms with Crippen molar-refractivity contribution in [3.05, 3.63) is 34.3 Å². The van der Waals surface area contributed by atoms with Crippen molar-refractivity contribution in [2.24, 2.45) is 0 Å². The second kappa shape index (κ2) is 6.33. The Morgan fingerprint density at radius 1 is 1.50 bits per heavy atom. The van der Waals surface area contributed by atoms with Gasteiger partial charge in [-0.1, -0.05) is 17.5 Å². The molecule has 0 aliphatic rings. The van der Waals surface area contributed by atoms with Crippen LogP contribution in [-0.4, -0.2) is 22.6 Å². The number of nitrogens with two attached hydrogens (primary N) is 1. The quantitative estimate of drug-likeness (QED) is 0.817. The van der Waals surface area contributed by atoms with Crippen molar-refractivity contribution < 1.29 is 9.53 Å². The van der Waals surface area contributed by atoms with Gasteiger partial charge in [-0.3, -0.25) is 4.79 Å². The number of nitrogens with one attached hydrogen (secondary N) is 1. The highest BCUT2D eigenvalue weighted by molar-refractivity contribution is 7.08. The molecule has 0 saturated carbocycles. The SMILES string of the molecule is CCc1nnsc1C(=O)NCc1ccc(OC)c(N)c1. The molecule has 1 aromatic carbocycles. The van der Waals surface area contributed by atoms with Gasteiger partial charge in [-0.25, -0.2) is 0 Å². The summed E-state index contributed by atoms with van der Waals surface area (Å²) in [7, 11) is 1.57. The van der Waals surface area contributed by atoms with E-state index in [2.05, 4.69) is 14.9 Å². The highest BCUT2D eigenvalue weighted by Crippen LogP contribution is 2.21. The maximum absolute atomic E-state index is 12.0. The number of nitrogens with zero attached hydrogens (tertiary/aromatic N) is 2. The molecule has 2 rings (SSSR count). The summed E-state index contributed by atoms with van der Waals surface area (Å²) in [5.41, 5.74) is 8.01. The Hall–Kier alpha value is -2.15. The maximum atomic E-state index is 12.0. The highest BCUT2D eigenvalue weighted by Gasteiger charge is 2.14. The zero-order valence-electron chi connectivity index (χ0n) is 11.3. The molecule has 20 heavy (non-hydrogen) atoms. The van der Waals surface area contributed by atoms with Crippen molar-refractivity contribution in [2.75, 3.05) is 12.8 Å². The minimum absolute atomic E-state index is 0.161. The summed E-state index contributed by atoms with van der Waals surface area (Å²) < 4.78 is 8.89. The molecule has 0 unspecified atom stereocenters. The van der Waals surface area contributed by atoms with E-state index in [1.165, 1.54) is 0 Å². The van der Waals surface area contributed by atoms with Crippen LogP contribution in [0.3, 0.4) is 0 Å². The standard InChI is InChI=1S/C13H16N4O2S/c1-3-10-12(20-17-16-10)13(18)15-7-8-4-5-11(19-2)9(14)6-8/h4-6H,3,7,14H2,1-2H3,(H,15,18). The second-order valence-electron chi connectivity index (χ2n) is 4.16. The number of rotatable bonds is 5. The number of aromatic nitrogens is 2. The van der Waals surface area contributed by atoms with Crippen LogP contribution in [0.5, 0.6) is 5.75 Å². The fourth-order valence-electron chi connectivity index (χ4n) is 1.77. The van der Waals surface area contributed by atoms with Crippen molar-refractivity contribution >= 4 is 23.1 Å². The number of ether oxygens (including phenoxy) is 1. The van der Waals surface area contributed by atoms with E-state index < -0.39 is 0 Å². The lowest BCUT2D eigenvalue weighted by atomic mass is 10.2. The van der Waals surface area contributed by atoms with Crippen LogP contribution in [0, 0.1) is 0 Å². The molecule has 0 fully saturated rings. The zero-order chi connectivity index (χ0) is 14.5. The van der Waals surface area contributed by atoms with Gasteiger partial charge in [0.15, 0.2) is 0 Å². The highest BCUT2D eigenvalue weighted by atomic mass is 32.1. The van der Waals surface area contributed by atoms with Crippen molar-refractivity contribution in [3.8, 4) is 5.75 Å². The number of anilines is 1. The molecule has 0 saturated heterocycles. The molecule has 3 N–H and O–H groups in total. The molecule has 1 heterocycles. The van der Waals surface area contributed by atoms with Gasteiger partial charge in [-0.2, -0.15) is 0 Å². The normalized spacial score (nSPS) is 10.3. The maximum Gasteiger partial charge on any atom is 0.265 e. The number of aryl methyl sites for hydroxylation is 1. The largest absolute Gasteiger partial charge is 0.495 e. The molecule has 0 aliphatic carbocycles. The average molecular weight is 292 g/mol. The van der Waals surface area contributed by atoms with Gasteiger partial charge in [-0.15, -0.1) is 5.10 Å². The number of nitrogen functional groups attached to an aromatic ring is 1. The molecule has 0 radical (unpaired) electrons. The van der Waals surface area contributed by atoms with Gasteiger partial charge in [0.05, 0.1) is 18.5 Å². The number of hydrogen-bond donors (Lipinski definition) is 2. The predicted molar refractivity (Wildman–Crippen MR) is 77.9 cm³/mol. The van der Waals surface area contributed by atoms with Gasteiger partial charge in [0, 0.05) is 6.54 Å². The zero-order valence-corrected chi connectivity index (χ0v) is 12.2. The van der Waals surface area contributed by atoms with Gasteiger partial charge in [0.1, 0.15) is 10.6 Å². The van der Waals surface area contributed by atoms with Crippen LogP contribution < -0.4 is 15.8 Å². The van der Waals surface area contributed by atoms with Gasteiger partial charge in [0.2, 0.25) is 0 Å². The van der Waals surface area contributed by atoms with Gasteiger partial charge < -0.3 is 15.8 Å². The summed E-state index contributed by atoms with van der Waals surface area (Å²) in [4.78, 5) is 12.6. The summed E-state index contributed by atoms with van der Waals surface area (Å²) in [6.07, 6.45) is 0.689. The number of benzene rings is 1. The first-order valence-electron chi connectivity index (χ1n) is 6.17. The molecule has 106 valence electrons. The number of methoxy groups -OCH3 is 1. The average Bonchev–Trinajstić information content (AvgIpc) is 2.93. The second-order valence-corrected chi connectivity index (χ2v) is 4.92. The van der Waals surface area contributed by atoms with Crippen LogP contribution in [0.4, 0.5) is 5.69 Å². The van der Waals surface area contributed by atoms with E-state index in [4.69, 9.17) is 10.5 Å². The lowest BCUT2D eigenvalue weighted by Gasteiger charge is -2.08. The molecule has 0 atom stereocenters. The van der Waals surface area contributed by atoms with Crippen molar-refractivity contribution in [1.82, 2.24) is 14.9 Å². The number of carbonyl (C=O) groups is 1. The molecule has 7 heteroatoms. The number of amides is 1. The first kappa shape index (κ1) is 14.3. The summed E-state index contributed by atoms with van der Waals surface area (Å²) in [6, 6.07) is 5.43. The van der Waals surface area contributed by atoms with E-state index in [1.54, 1.807) is 19.2 Å². The van der Waals surface area contributed by atoms with E-state index in [1.807, 2.05) is 13.0 Å². The van der Waals surface area contributed by atoms with Crippen LogP contribution in [0.2, 0.25) is 0 Å². The van der Waals surface area contributed by atoms with E-state index in [9.17, 15) is 4.79 Å². The van der Waals surface area contributed by atoms with Crippen molar-refractivity contribution in [2.45, 2.75) is 19.9 Å². The smallest absolute Gasteiger partial charge is 0.265 e. The molecular formula is C13H16N4O2S. The van der Waals surface area contributed by atoms with Gasteiger partial charge >= 0.3 is 0 Å². The Balaban J connectivity index is 2.02. The summed E-state index contributed by atoms with van der Waals surface area (Å²) >= 11 is 1.11. The third kappa shape index (κ3) is 3.05. The number of carbonyl (C=O) groups excluding carboxylic acids is 1. The molecular weight excluding hydrogens is 276 g/mol. The molecule has 0 bridgehead atoms. The molecule has 1 amide bonds. The first-order valence-corrected chi connectivity index (χ1v) is 6.94. The van der Waals surface area contributed by atoms with Crippen LogP contribution in [0.1, 0.15) is 27.9 Å². The lowest BCUT2D eigenvalue weighted by molar-refractivity contribution is 0.0954. The summed E-state index contributed by atoms with van der Waals surface area (Å²) in [5.74, 6) is 0.464. The Labute approximate surface area is 121 Å². The third-order valence-corrected chi connectivity index (χ3v) is 3.61. The van der Waals surface area contributed by atoms with E-state index in [0.717, 1.165) is 22.8 Å².